The minimum absolute atomic E-state index is 0.282. The van der Waals surface area contributed by atoms with Gasteiger partial charge in [0.15, 0.2) is 0 Å². The van der Waals surface area contributed by atoms with Crippen LogP contribution in [-0.2, 0) is 16.1 Å². The van der Waals surface area contributed by atoms with E-state index in [2.05, 4.69) is 15.6 Å². The lowest BCUT2D eigenvalue weighted by Crippen LogP contribution is -2.56. The lowest BCUT2D eigenvalue weighted by molar-refractivity contribution is -0.149. The number of hydrogen-bond acceptors (Lipinski definition) is 5. The van der Waals surface area contributed by atoms with E-state index in [4.69, 9.17) is 4.74 Å². The smallest absolute Gasteiger partial charge is 0.331 e. The lowest BCUT2D eigenvalue weighted by atomic mass is 9.81. The Morgan fingerprint density at radius 1 is 1.29 bits per heavy atom. The number of aryl methyl sites for hydroxylation is 1. The van der Waals surface area contributed by atoms with E-state index in [1.165, 1.54) is 7.11 Å². The SMILES string of the molecule is CCn1nnc2cc(C(=O)NC3(C(=O)OC)CCCCC3)ccc21. The van der Waals surface area contributed by atoms with Gasteiger partial charge in [-0.05, 0) is 38.0 Å². The number of hydrogen-bond donors (Lipinski definition) is 1. The maximum absolute atomic E-state index is 12.7. The van der Waals surface area contributed by atoms with Crippen molar-refractivity contribution in [1.82, 2.24) is 20.3 Å². The van der Waals surface area contributed by atoms with Gasteiger partial charge in [-0.1, -0.05) is 24.5 Å². The summed E-state index contributed by atoms with van der Waals surface area (Å²) in [5, 5.41) is 11.1. The van der Waals surface area contributed by atoms with Gasteiger partial charge in [-0.2, -0.15) is 0 Å². The minimum atomic E-state index is -0.917. The van der Waals surface area contributed by atoms with Gasteiger partial charge >= 0.3 is 5.97 Å². The van der Waals surface area contributed by atoms with Crippen LogP contribution >= 0.6 is 0 Å². The Hall–Kier alpha value is -2.44. The molecule has 7 heteroatoms. The van der Waals surface area contributed by atoms with Gasteiger partial charge in [-0.15, -0.1) is 5.10 Å². The van der Waals surface area contributed by atoms with Crippen molar-refractivity contribution in [2.24, 2.45) is 0 Å². The number of esters is 1. The van der Waals surface area contributed by atoms with Crippen molar-refractivity contribution in [1.29, 1.82) is 0 Å². The fourth-order valence-corrected chi connectivity index (χ4v) is 3.37. The second-order valence-electron chi connectivity index (χ2n) is 6.20. The van der Waals surface area contributed by atoms with Crippen LogP contribution in [0, 0.1) is 0 Å². The first-order valence-corrected chi connectivity index (χ1v) is 8.34. The number of nitrogens with one attached hydrogen (secondary N) is 1. The number of benzene rings is 1. The Morgan fingerprint density at radius 2 is 2.04 bits per heavy atom. The molecule has 1 aromatic heterocycles. The van der Waals surface area contributed by atoms with E-state index in [0.717, 1.165) is 24.8 Å². The lowest BCUT2D eigenvalue weighted by Gasteiger charge is -2.35. The first-order chi connectivity index (χ1) is 11.6. The molecule has 3 rings (SSSR count). The van der Waals surface area contributed by atoms with E-state index >= 15 is 0 Å². The zero-order chi connectivity index (χ0) is 17.2. The fourth-order valence-electron chi connectivity index (χ4n) is 3.37. The summed E-state index contributed by atoms with van der Waals surface area (Å²) in [6, 6.07) is 5.28. The van der Waals surface area contributed by atoms with Gasteiger partial charge in [0.05, 0.1) is 12.6 Å². The summed E-state index contributed by atoms with van der Waals surface area (Å²) in [6.07, 6.45) is 4.10. The third-order valence-corrected chi connectivity index (χ3v) is 4.71. The van der Waals surface area contributed by atoms with E-state index in [1.807, 2.05) is 13.0 Å². The molecule has 0 aliphatic heterocycles. The van der Waals surface area contributed by atoms with E-state index in [0.29, 0.717) is 30.5 Å². The number of carbonyl (C=O) groups is 2. The van der Waals surface area contributed by atoms with Crippen LogP contribution in [0.25, 0.3) is 11.0 Å². The number of methoxy groups -OCH3 is 1. The number of rotatable bonds is 4. The van der Waals surface area contributed by atoms with Crippen LogP contribution in [0.3, 0.4) is 0 Å². The topological polar surface area (TPSA) is 86.1 Å². The second-order valence-corrected chi connectivity index (χ2v) is 6.20. The largest absolute Gasteiger partial charge is 0.467 e. The highest BCUT2D eigenvalue weighted by Crippen LogP contribution is 2.30. The Labute approximate surface area is 140 Å². The van der Waals surface area contributed by atoms with Gasteiger partial charge in [0.1, 0.15) is 11.1 Å². The first-order valence-electron chi connectivity index (χ1n) is 8.34. The van der Waals surface area contributed by atoms with Crippen LogP contribution in [0.1, 0.15) is 49.4 Å². The summed E-state index contributed by atoms with van der Waals surface area (Å²) in [6.45, 7) is 2.70. The molecule has 128 valence electrons. The van der Waals surface area contributed by atoms with Crippen LogP contribution in [-0.4, -0.2) is 39.5 Å². The third-order valence-electron chi connectivity index (χ3n) is 4.71. The molecule has 2 aromatic rings. The molecule has 0 unspecified atom stereocenters. The molecule has 1 amide bonds. The Bertz CT molecular complexity index is 762. The average Bonchev–Trinajstić information content (AvgIpc) is 3.04. The third kappa shape index (κ3) is 2.86. The predicted octanol–water partition coefficient (Wildman–Crippen LogP) is 2.06. The van der Waals surface area contributed by atoms with Crippen molar-refractivity contribution in [2.45, 2.75) is 51.1 Å². The molecule has 0 spiro atoms. The Balaban J connectivity index is 1.86. The molecule has 0 atom stereocenters. The highest BCUT2D eigenvalue weighted by Gasteiger charge is 2.42. The summed E-state index contributed by atoms with van der Waals surface area (Å²) in [5.74, 6) is -0.649. The maximum atomic E-state index is 12.7. The fraction of sp³-hybridized carbons (Fsp3) is 0.529. The molecule has 0 saturated heterocycles. The van der Waals surface area contributed by atoms with Gasteiger partial charge in [0.2, 0.25) is 0 Å². The van der Waals surface area contributed by atoms with Gasteiger partial charge < -0.3 is 10.1 Å². The minimum Gasteiger partial charge on any atom is -0.467 e. The molecule has 24 heavy (non-hydrogen) atoms. The normalized spacial score (nSPS) is 16.8. The van der Waals surface area contributed by atoms with E-state index in [9.17, 15) is 9.59 Å². The Morgan fingerprint density at radius 3 is 2.71 bits per heavy atom. The summed E-state index contributed by atoms with van der Waals surface area (Å²) in [5.41, 5.74) is 1.11. The highest BCUT2D eigenvalue weighted by atomic mass is 16.5. The zero-order valence-corrected chi connectivity index (χ0v) is 14.0. The summed E-state index contributed by atoms with van der Waals surface area (Å²) >= 11 is 0. The van der Waals surface area contributed by atoms with Crippen LogP contribution in [0.5, 0.6) is 0 Å². The molecule has 1 N–H and O–H groups in total. The molecule has 1 aromatic carbocycles. The van der Waals surface area contributed by atoms with Crippen LogP contribution < -0.4 is 5.32 Å². The summed E-state index contributed by atoms with van der Waals surface area (Å²) in [4.78, 5) is 24.9. The van der Waals surface area contributed by atoms with Crippen molar-refractivity contribution in [2.75, 3.05) is 7.11 Å². The van der Waals surface area contributed by atoms with Crippen LogP contribution in [0.4, 0.5) is 0 Å². The molecule has 0 bridgehead atoms. The van der Waals surface area contributed by atoms with Crippen molar-refractivity contribution in [3.63, 3.8) is 0 Å². The summed E-state index contributed by atoms with van der Waals surface area (Å²) < 4.78 is 6.71. The van der Waals surface area contributed by atoms with Crippen LogP contribution in [0.2, 0.25) is 0 Å². The highest BCUT2D eigenvalue weighted by molar-refractivity contribution is 6.00. The van der Waals surface area contributed by atoms with Crippen LogP contribution in [0.15, 0.2) is 18.2 Å². The van der Waals surface area contributed by atoms with Gasteiger partial charge in [0, 0.05) is 12.1 Å². The van der Waals surface area contributed by atoms with Crippen molar-refractivity contribution < 1.29 is 14.3 Å². The van der Waals surface area contributed by atoms with Crippen molar-refractivity contribution >= 4 is 22.9 Å². The molecule has 1 fully saturated rings. The molecule has 7 nitrogen and oxygen atoms in total. The molecule has 1 heterocycles. The maximum Gasteiger partial charge on any atom is 0.331 e. The number of carbonyl (C=O) groups excluding carboxylic acids is 2. The van der Waals surface area contributed by atoms with Crippen molar-refractivity contribution in [3.05, 3.63) is 23.8 Å². The molecule has 1 aliphatic rings. The molecule has 1 aliphatic carbocycles. The Kier molecular flexibility index (Phi) is 4.51. The number of nitrogens with zero attached hydrogens (tertiary/aromatic N) is 3. The predicted molar refractivity (Wildman–Crippen MR) is 88.5 cm³/mol. The van der Waals surface area contributed by atoms with E-state index in [1.54, 1.807) is 16.8 Å². The molecular formula is C17H22N4O3. The van der Waals surface area contributed by atoms with Crippen molar-refractivity contribution in [3.8, 4) is 0 Å². The average molecular weight is 330 g/mol. The number of ether oxygens (including phenoxy) is 1. The van der Waals surface area contributed by atoms with E-state index in [-0.39, 0.29) is 11.9 Å². The second kappa shape index (κ2) is 6.59. The first kappa shape index (κ1) is 16.4. The van der Waals surface area contributed by atoms with Gasteiger partial charge in [0.25, 0.3) is 5.91 Å². The number of aromatic nitrogens is 3. The molecular weight excluding hydrogens is 308 g/mol. The van der Waals surface area contributed by atoms with Gasteiger partial charge in [-0.25, -0.2) is 9.48 Å². The quantitative estimate of drug-likeness (QED) is 0.867. The molecule has 0 radical (unpaired) electrons. The van der Waals surface area contributed by atoms with E-state index < -0.39 is 5.54 Å². The number of amides is 1. The molecule has 1 saturated carbocycles. The summed E-state index contributed by atoms with van der Waals surface area (Å²) in [7, 11) is 1.36. The number of fused-ring (bicyclic) bond motifs is 1. The zero-order valence-electron chi connectivity index (χ0n) is 14.0. The standard InChI is InChI=1S/C17H22N4O3/c1-3-21-14-8-7-12(11-13(14)19-20-21)15(22)18-17(16(23)24-2)9-5-4-6-10-17/h7-8,11H,3-6,9-10H2,1-2H3,(H,18,22). The van der Waals surface area contributed by atoms with Gasteiger partial charge in [-0.3, -0.25) is 4.79 Å². The monoisotopic (exact) mass is 330 g/mol.